The highest BCUT2D eigenvalue weighted by Crippen LogP contribution is 2.26. The Balaban J connectivity index is 2.35. The van der Waals surface area contributed by atoms with Gasteiger partial charge in [0.05, 0.1) is 19.4 Å². The van der Waals surface area contributed by atoms with Gasteiger partial charge in [0, 0.05) is 5.56 Å². The Kier molecular flexibility index (Phi) is 3.15. The molecular weight excluding hydrogens is 221 g/mol. The van der Waals surface area contributed by atoms with Crippen molar-refractivity contribution in [3.05, 3.63) is 53.2 Å². The van der Waals surface area contributed by atoms with Gasteiger partial charge in [0.1, 0.15) is 5.76 Å². The summed E-state index contributed by atoms with van der Waals surface area (Å²) < 4.78 is 23.6. The van der Waals surface area contributed by atoms with Crippen LogP contribution in [0, 0.1) is 12.7 Å². The highest BCUT2D eigenvalue weighted by atomic mass is 19.1. The molecule has 1 heterocycles. The molecule has 0 bridgehead atoms. The molecule has 2 aromatic rings. The quantitative estimate of drug-likeness (QED) is 0.889. The normalized spacial score (nSPS) is 12.5. The summed E-state index contributed by atoms with van der Waals surface area (Å²) in [6, 6.07) is 6.10. The Labute approximate surface area is 99.0 Å². The third-order valence-corrected chi connectivity index (χ3v) is 2.77. The van der Waals surface area contributed by atoms with E-state index in [1.807, 2.05) is 6.92 Å². The van der Waals surface area contributed by atoms with Crippen LogP contribution < -0.4 is 10.5 Å². The van der Waals surface area contributed by atoms with Crippen LogP contribution in [0.15, 0.2) is 34.9 Å². The molecule has 0 spiro atoms. The van der Waals surface area contributed by atoms with Gasteiger partial charge in [-0.2, -0.15) is 0 Å². The number of nitrogens with two attached hydrogens (primary N) is 1. The SMILES string of the molecule is COc1ccc(C(N)c2ccoc2C)cc1F. The number of aryl methyl sites for hydroxylation is 1. The van der Waals surface area contributed by atoms with Crippen molar-refractivity contribution in [1.82, 2.24) is 0 Å². The monoisotopic (exact) mass is 235 g/mol. The Morgan fingerprint density at radius 2 is 2.12 bits per heavy atom. The van der Waals surface area contributed by atoms with Gasteiger partial charge in [0.25, 0.3) is 0 Å². The minimum atomic E-state index is -0.415. The molecule has 3 nitrogen and oxygen atoms in total. The fourth-order valence-corrected chi connectivity index (χ4v) is 1.77. The third-order valence-electron chi connectivity index (χ3n) is 2.77. The summed E-state index contributed by atoms with van der Waals surface area (Å²) in [4.78, 5) is 0. The maximum Gasteiger partial charge on any atom is 0.165 e. The number of rotatable bonds is 3. The van der Waals surface area contributed by atoms with Gasteiger partial charge in [-0.15, -0.1) is 0 Å². The second-order valence-electron chi connectivity index (χ2n) is 3.80. The molecule has 17 heavy (non-hydrogen) atoms. The lowest BCUT2D eigenvalue weighted by molar-refractivity contribution is 0.386. The van der Waals surface area contributed by atoms with Crippen molar-refractivity contribution in [2.45, 2.75) is 13.0 Å². The van der Waals surface area contributed by atoms with Crippen LogP contribution in [-0.2, 0) is 0 Å². The van der Waals surface area contributed by atoms with Gasteiger partial charge in [-0.05, 0) is 30.7 Å². The lowest BCUT2D eigenvalue weighted by Crippen LogP contribution is -2.12. The summed E-state index contributed by atoms with van der Waals surface area (Å²) >= 11 is 0. The van der Waals surface area contributed by atoms with E-state index in [1.165, 1.54) is 13.2 Å². The molecule has 90 valence electrons. The van der Waals surface area contributed by atoms with E-state index in [0.717, 1.165) is 11.3 Å². The van der Waals surface area contributed by atoms with E-state index < -0.39 is 11.9 Å². The van der Waals surface area contributed by atoms with Crippen molar-refractivity contribution in [2.75, 3.05) is 7.11 Å². The second-order valence-corrected chi connectivity index (χ2v) is 3.80. The summed E-state index contributed by atoms with van der Waals surface area (Å²) in [7, 11) is 1.43. The highest BCUT2D eigenvalue weighted by Gasteiger charge is 2.15. The predicted octanol–water partition coefficient (Wildman–Crippen LogP) is 2.78. The van der Waals surface area contributed by atoms with E-state index in [4.69, 9.17) is 14.9 Å². The molecule has 1 atom stereocenters. The number of methoxy groups -OCH3 is 1. The molecule has 1 aromatic carbocycles. The van der Waals surface area contributed by atoms with Crippen molar-refractivity contribution in [2.24, 2.45) is 5.73 Å². The van der Waals surface area contributed by atoms with E-state index in [-0.39, 0.29) is 5.75 Å². The predicted molar refractivity (Wildman–Crippen MR) is 62.4 cm³/mol. The highest BCUT2D eigenvalue weighted by molar-refractivity contribution is 5.36. The van der Waals surface area contributed by atoms with Crippen LogP contribution in [-0.4, -0.2) is 7.11 Å². The van der Waals surface area contributed by atoms with E-state index in [0.29, 0.717) is 5.56 Å². The standard InChI is InChI=1S/C13H14FNO2/c1-8-10(5-6-17-8)13(15)9-3-4-12(16-2)11(14)7-9/h3-7,13H,15H2,1-2H3. The van der Waals surface area contributed by atoms with Crippen LogP contribution >= 0.6 is 0 Å². The van der Waals surface area contributed by atoms with Gasteiger partial charge < -0.3 is 14.9 Å². The van der Waals surface area contributed by atoms with Gasteiger partial charge in [0.2, 0.25) is 0 Å². The molecule has 0 aliphatic rings. The zero-order chi connectivity index (χ0) is 12.4. The first kappa shape index (κ1) is 11.7. The second kappa shape index (κ2) is 4.59. The van der Waals surface area contributed by atoms with Crippen molar-refractivity contribution >= 4 is 0 Å². The summed E-state index contributed by atoms with van der Waals surface area (Å²) in [5, 5.41) is 0. The molecule has 0 fully saturated rings. The van der Waals surface area contributed by atoms with Crippen LogP contribution in [0.5, 0.6) is 5.75 Å². The molecule has 1 unspecified atom stereocenters. The van der Waals surface area contributed by atoms with Crippen LogP contribution in [0.25, 0.3) is 0 Å². The molecule has 1 aromatic heterocycles. The molecule has 2 N–H and O–H groups in total. The average Bonchev–Trinajstić information content (AvgIpc) is 2.74. The smallest absolute Gasteiger partial charge is 0.165 e. The topological polar surface area (TPSA) is 48.4 Å². The Morgan fingerprint density at radius 3 is 2.65 bits per heavy atom. The first-order valence-electron chi connectivity index (χ1n) is 5.26. The van der Waals surface area contributed by atoms with Crippen LogP contribution in [0.4, 0.5) is 4.39 Å². The third kappa shape index (κ3) is 2.17. The Hall–Kier alpha value is -1.81. The first-order valence-corrected chi connectivity index (χ1v) is 5.26. The number of halogens is 1. The summed E-state index contributed by atoms with van der Waals surface area (Å²) in [6.07, 6.45) is 1.57. The minimum Gasteiger partial charge on any atom is -0.494 e. The maximum absolute atomic E-state index is 13.5. The molecule has 4 heteroatoms. The molecule has 0 aliphatic heterocycles. The van der Waals surface area contributed by atoms with Crippen LogP contribution in [0.1, 0.15) is 22.9 Å². The van der Waals surface area contributed by atoms with E-state index in [2.05, 4.69) is 0 Å². The molecule has 0 amide bonds. The minimum absolute atomic E-state index is 0.213. The first-order chi connectivity index (χ1) is 8.13. The Morgan fingerprint density at radius 1 is 1.35 bits per heavy atom. The number of ether oxygens (including phenoxy) is 1. The van der Waals surface area contributed by atoms with Crippen LogP contribution in [0.2, 0.25) is 0 Å². The maximum atomic E-state index is 13.5. The molecule has 0 aliphatic carbocycles. The number of hydrogen-bond acceptors (Lipinski definition) is 3. The largest absolute Gasteiger partial charge is 0.494 e. The average molecular weight is 235 g/mol. The number of benzene rings is 1. The Bertz CT molecular complexity index is 522. The van der Waals surface area contributed by atoms with Gasteiger partial charge in [0.15, 0.2) is 11.6 Å². The summed E-state index contributed by atoms with van der Waals surface area (Å²) in [5.74, 6) is 0.542. The zero-order valence-electron chi connectivity index (χ0n) is 9.74. The van der Waals surface area contributed by atoms with Gasteiger partial charge in [-0.3, -0.25) is 0 Å². The fourth-order valence-electron chi connectivity index (χ4n) is 1.77. The lowest BCUT2D eigenvalue weighted by atomic mass is 10.00. The number of furan rings is 1. The molecule has 0 radical (unpaired) electrons. The van der Waals surface area contributed by atoms with Crippen molar-refractivity contribution in [3.8, 4) is 5.75 Å². The van der Waals surface area contributed by atoms with Crippen molar-refractivity contribution in [1.29, 1.82) is 0 Å². The van der Waals surface area contributed by atoms with Crippen molar-refractivity contribution < 1.29 is 13.5 Å². The fraction of sp³-hybridized carbons (Fsp3) is 0.231. The summed E-state index contributed by atoms with van der Waals surface area (Å²) in [6.45, 7) is 1.83. The van der Waals surface area contributed by atoms with Crippen molar-refractivity contribution in [3.63, 3.8) is 0 Å². The van der Waals surface area contributed by atoms with Gasteiger partial charge >= 0.3 is 0 Å². The number of hydrogen-bond donors (Lipinski definition) is 1. The summed E-state index contributed by atoms with van der Waals surface area (Å²) in [5.41, 5.74) is 7.60. The molecular formula is C13H14FNO2. The van der Waals surface area contributed by atoms with E-state index in [9.17, 15) is 4.39 Å². The van der Waals surface area contributed by atoms with Crippen LogP contribution in [0.3, 0.4) is 0 Å². The molecule has 0 saturated heterocycles. The van der Waals surface area contributed by atoms with E-state index in [1.54, 1.807) is 24.5 Å². The van der Waals surface area contributed by atoms with E-state index >= 15 is 0 Å². The van der Waals surface area contributed by atoms with Gasteiger partial charge in [-0.1, -0.05) is 6.07 Å². The zero-order valence-corrected chi connectivity index (χ0v) is 9.74. The lowest BCUT2D eigenvalue weighted by Gasteiger charge is -2.12. The molecule has 0 saturated carbocycles. The van der Waals surface area contributed by atoms with Gasteiger partial charge in [-0.25, -0.2) is 4.39 Å². The molecule has 2 rings (SSSR count).